The molecule has 3 rings (SSSR count). The third kappa shape index (κ3) is 7.53. The Balaban J connectivity index is 1.59. The summed E-state index contributed by atoms with van der Waals surface area (Å²) in [7, 11) is 0. The number of aliphatic carboxylic acids is 1. The molecule has 0 spiro atoms. The summed E-state index contributed by atoms with van der Waals surface area (Å²) in [5, 5.41) is 19.1. The second-order valence-corrected chi connectivity index (χ2v) is 11.1. The first-order valence-electron chi connectivity index (χ1n) is 11.4. The largest absolute Gasteiger partial charge is 0.480 e. The molecule has 12 heteroatoms. The number of carboxylic acids is 1. The summed E-state index contributed by atoms with van der Waals surface area (Å²) in [5.41, 5.74) is 0.452. The van der Waals surface area contributed by atoms with Gasteiger partial charge in [-0.2, -0.15) is 0 Å². The van der Waals surface area contributed by atoms with Gasteiger partial charge in [-0.05, 0) is 48.6 Å². The molecule has 0 radical (unpaired) electrons. The van der Waals surface area contributed by atoms with Crippen LogP contribution in [-0.4, -0.2) is 46.1 Å². The topological polar surface area (TPSA) is 138 Å². The van der Waals surface area contributed by atoms with Crippen LogP contribution in [0.25, 0.3) is 0 Å². The fourth-order valence-corrected chi connectivity index (χ4v) is 5.18. The number of nitrogens with one attached hydrogen (secondary N) is 3. The van der Waals surface area contributed by atoms with Gasteiger partial charge >= 0.3 is 5.97 Å². The lowest BCUT2D eigenvalue weighted by Crippen LogP contribution is -2.51. The van der Waals surface area contributed by atoms with Crippen molar-refractivity contribution in [2.75, 3.05) is 6.54 Å². The second kappa shape index (κ2) is 12.5. The van der Waals surface area contributed by atoms with E-state index in [2.05, 4.69) is 16.0 Å². The van der Waals surface area contributed by atoms with Crippen molar-refractivity contribution in [1.29, 1.82) is 0 Å². The minimum Gasteiger partial charge on any atom is -0.480 e. The monoisotopic (exact) mass is 567 g/mol. The lowest BCUT2D eigenvalue weighted by Gasteiger charge is -2.23. The van der Waals surface area contributed by atoms with Crippen molar-refractivity contribution in [3.05, 3.63) is 68.9 Å². The molecule has 37 heavy (non-hydrogen) atoms. The van der Waals surface area contributed by atoms with Gasteiger partial charge in [0.2, 0.25) is 11.8 Å². The molecule has 2 aromatic rings. The summed E-state index contributed by atoms with van der Waals surface area (Å²) < 4.78 is 4.55. The lowest BCUT2D eigenvalue weighted by molar-refractivity contribution is -0.139. The lowest BCUT2D eigenvalue weighted by atomic mass is 10.0. The molecule has 1 aliphatic rings. The molecule has 2 heterocycles. The zero-order chi connectivity index (χ0) is 27.2. The molecule has 0 fully saturated rings. The number of furan rings is 1. The summed E-state index contributed by atoms with van der Waals surface area (Å²) in [5.74, 6) is -2.29. The Hall–Kier alpha value is -2.95. The summed E-state index contributed by atoms with van der Waals surface area (Å²) in [6, 6.07) is 5.10. The van der Waals surface area contributed by atoms with Crippen LogP contribution < -0.4 is 16.0 Å². The third-order valence-corrected chi connectivity index (χ3v) is 7.61. The molecule has 3 atom stereocenters. The van der Waals surface area contributed by atoms with E-state index in [4.69, 9.17) is 27.6 Å². The number of carboxylic acid groups (broad SMARTS) is 1. The maximum absolute atomic E-state index is 12.8. The standard InChI is InChI=1S/C25H27Cl2N3O6S/c1-14(9-16-5-3-7-36-16)21(31)28-12-15-10-17(26)20(18(27)11-15)22(32)30-19(23(33)34)13-29-24(35)25(2)6-4-8-37-25/h3-5,7-8,10-11,14,19H,6,9,12-13H2,1-2H3,(H,28,31)(H,29,35)(H,30,32)(H,33,34). The third-order valence-electron chi connectivity index (χ3n) is 5.81. The van der Waals surface area contributed by atoms with E-state index in [0.29, 0.717) is 24.2 Å². The van der Waals surface area contributed by atoms with Crippen LogP contribution in [0.3, 0.4) is 0 Å². The van der Waals surface area contributed by atoms with Gasteiger partial charge in [-0.3, -0.25) is 14.4 Å². The van der Waals surface area contributed by atoms with Gasteiger partial charge < -0.3 is 25.5 Å². The van der Waals surface area contributed by atoms with Crippen LogP contribution in [0.4, 0.5) is 0 Å². The number of carbonyl (C=O) groups excluding carboxylic acids is 3. The van der Waals surface area contributed by atoms with Crippen molar-refractivity contribution in [2.24, 2.45) is 5.92 Å². The Morgan fingerprint density at radius 2 is 1.89 bits per heavy atom. The van der Waals surface area contributed by atoms with E-state index >= 15 is 0 Å². The fraction of sp³-hybridized carbons (Fsp3) is 0.360. The highest BCUT2D eigenvalue weighted by Gasteiger charge is 2.35. The number of hydrogen-bond acceptors (Lipinski definition) is 6. The fourth-order valence-electron chi connectivity index (χ4n) is 3.61. The molecule has 0 saturated heterocycles. The highest BCUT2D eigenvalue weighted by molar-refractivity contribution is 8.04. The van der Waals surface area contributed by atoms with Crippen LogP contribution in [0.15, 0.2) is 46.4 Å². The molecule has 4 N–H and O–H groups in total. The number of amides is 3. The van der Waals surface area contributed by atoms with Crippen molar-refractivity contribution in [2.45, 2.75) is 44.0 Å². The number of benzene rings is 1. The van der Waals surface area contributed by atoms with Crippen LogP contribution >= 0.6 is 35.0 Å². The summed E-state index contributed by atoms with van der Waals surface area (Å²) in [6.45, 7) is 3.34. The normalized spacial score (nSPS) is 18.2. The highest BCUT2D eigenvalue weighted by Crippen LogP contribution is 2.36. The zero-order valence-corrected chi connectivity index (χ0v) is 22.5. The SMILES string of the molecule is CC(Cc1ccco1)C(=O)NCc1cc(Cl)c(C(=O)NC(CNC(=O)C2(C)CC=CS2)C(=O)O)c(Cl)c1. The van der Waals surface area contributed by atoms with Gasteiger partial charge in [0.05, 0.1) is 26.6 Å². The van der Waals surface area contributed by atoms with E-state index < -0.39 is 22.7 Å². The van der Waals surface area contributed by atoms with Gasteiger partial charge in [0, 0.05) is 25.4 Å². The van der Waals surface area contributed by atoms with E-state index in [1.165, 1.54) is 23.9 Å². The Morgan fingerprint density at radius 3 is 2.46 bits per heavy atom. The second-order valence-electron chi connectivity index (χ2n) is 8.84. The molecular weight excluding hydrogens is 541 g/mol. The molecule has 1 aliphatic heterocycles. The first kappa shape index (κ1) is 28.6. The minimum absolute atomic E-state index is 0.00741. The van der Waals surface area contributed by atoms with Gasteiger partial charge in [-0.1, -0.05) is 36.2 Å². The maximum atomic E-state index is 12.8. The maximum Gasteiger partial charge on any atom is 0.328 e. The highest BCUT2D eigenvalue weighted by atomic mass is 35.5. The first-order valence-corrected chi connectivity index (χ1v) is 13.1. The molecular formula is C25H27Cl2N3O6S. The predicted molar refractivity (Wildman–Crippen MR) is 142 cm³/mol. The van der Waals surface area contributed by atoms with Gasteiger partial charge in [0.1, 0.15) is 11.8 Å². The number of carbonyl (C=O) groups is 4. The van der Waals surface area contributed by atoms with Crippen LogP contribution in [0.1, 0.15) is 41.9 Å². The van der Waals surface area contributed by atoms with Crippen LogP contribution in [0.2, 0.25) is 10.0 Å². The van der Waals surface area contributed by atoms with Gasteiger partial charge in [0.15, 0.2) is 0 Å². The Labute approximate surface area is 228 Å². The van der Waals surface area contributed by atoms with Crippen LogP contribution in [-0.2, 0) is 27.3 Å². The van der Waals surface area contributed by atoms with E-state index in [1.54, 1.807) is 32.2 Å². The Kier molecular flexibility index (Phi) is 9.69. The quantitative estimate of drug-likeness (QED) is 0.324. The van der Waals surface area contributed by atoms with E-state index in [9.17, 15) is 24.3 Å². The van der Waals surface area contributed by atoms with Crippen molar-refractivity contribution < 1.29 is 28.7 Å². The minimum atomic E-state index is -1.40. The predicted octanol–water partition coefficient (Wildman–Crippen LogP) is 3.79. The molecule has 1 aromatic heterocycles. The van der Waals surface area contributed by atoms with Crippen molar-refractivity contribution in [3.63, 3.8) is 0 Å². The van der Waals surface area contributed by atoms with Gasteiger partial charge in [-0.15, -0.1) is 11.8 Å². The summed E-state index contributed by atoms with van der Waals surface area (Å²) in [4.78, 5) is 49.4. The molecule has 0 bridgehead atoms. The average molecular weight is 568 g/mol. The average Bonchev–Trinajstić information content (AvgIpc) is 3.51. The molecule has 198 valence electrons. The first-order chi connectivity index (χ1) is 17.5. The molecule has 0 saturated carbocycles. The molecule has 0 aliphatic carbocycles. The van der Waals surface area contributed by atoms with Gasteiger partial charge in [-0.25, -0.2) is 4.79 Å². The van der Waals surface area contributed by atoms with Gasteiger partial charge in [0.25, 0.3) is 5.91 Å². The number of hydrogen-bond donors (Lipinski definition) is 4. The van der Waals surface area contributed by atoms with Crippen LogP contribution in [0, 0.1) is 5.92 Å². The molecule has 1 aromatic carbocycles. The molecule has 9 nitrogen and oxygen atoms in total. The van der Waals surface area contributed by atoms with Crippen molar-refractivity contribution in [3.8, 4) is 0 Å². The van der Waals surface area contributed by atoms with Crippen molar-refractivity contribution >= 4 is 58.7 Å². The van der Waals surface area contributed by atoms with E-state index in [-0.39, 0.29) is 46.4 Å². The van der Waals surface area contributed by atoms with E-state index in [1.807, 2.05) is 11.5 Å². The van der Waals surface area contributed by atoms with E-state index in [0.717, 1.165) is 0 Å². The Morgan fingerprint density at radius 1 is 1.19 bits per heavy atom. The number of rotatable bonds is 11. The Bertz CT molecular complexity index is 1170. The number of thioether (sulfide) groups is 1. The smallest absolute Gasteiger partial charge is 0.328 e. The summed E-state index contributed by atoms with van der Waals surface area (Å²) >= 11 is 13.9. The van der Waals surface area contributed by atoms with Crippen molar-refractivity contribution in [1.82, 2.24) is 16.0 Å². The summed E-state index contributed by atoms with van der Waals surface area (Å²) in [6.07, 6.45) is 4.37. The molecule has 3 amide bonds. The zero-order valence-electron chi connectivity index (χ0n) is 20.2. The van der Waals surface area contributed by atoms with Crippen LogP contribution in [0.5, 0.6) is 0 Å². The number of halogens is 2. The number of allylic oxidation sites excluding steroid dienone is 1. The molecule has 3 unspecified atom stereocenters.